The van der Waals surface area contributed by atoms with E-state index in [1.807, 2.05) is 0 Å². The summed E-state index contributed by atoms with van der Waals surface area (Å²) < 4.78 is 0. The molecule has 1 aliphatic carbocycles. The zero-order valence-electron chi connectivity index (χ0n) is 20.1. The molecule has 0 spiro atoms. The Hall–Kier alpha value is -4.42. The second-order valence-electron chi connectivity index (χ2n) is 9.61. The van der Waals surface area contributed by atoms with Crippen molar-refractivity contribution in [3.8, 4) is 11.1 Å². The van der Waals surface area contributed by atoms with E-state index in [0.717, 1.165) is 12.8 Å². The van der Waals surface area contributed by atoms with Gasteiger partial charge >= 0.3 is 0 Å². The Morgan fingerprint density at radius 3 is 1.78 bits per heavy atom. The van der Waals surface area contributed by atoms with Crippen LogP contribution < -0.4 is 0 Å². The molecule has 0 saturated carbocycles. The van der Waals surface area contributed by atoms with Crippen molar-refractivity contribution < 1.29 is 0 Å². The van der Waals surface area contributed by atoms with Gasteiger partial charge in [-0.15, -0.1) is 0 Å². The third-order valence-corrected chi connectivity index (χ3v) is 7.49. The van der Waals surface area contributed by atoms with Gasteiger partial charge in [0.05, 0.1) is 0 Å². The largest absolute Gasteiger partial charge is 0.0842 e. The van der Waals surface area contributed by atoms with Crippen LogP contribution in [0.25, 0.3) is 59.8 Å². The number of benzene rings is 5. The molecular formula is C36H26. The molecule has 0 saturated heterocycles. The van der Waals surface area contributed by atoms with E-state index in [2.05, 4.69) is 133 Å². The number of fused-ring (bicyclic) bond motifs is 3. The molecule has 0 nitrogen and oxygen atoms in total. The van der Waals surface area contributed by atoms with Crippen LogP contribution in [-0.4, -0.2) is 0 Å². The minimum absolute atomic E-state index is 1.08. The molecule has 0 unspecified atom stereocenters. The highest BCUT2D eigenvalue weighted by Crippen LogP contribution is 2.45. The molecular weight excluding hydrogens is 432 g/mol. The molecule has 0 aliphatic heterocycles. The van der Waals surface area contributed by atoms with Crippen LogP contribution in [0.15, 0.2) is 133 Å². The summed E-state index contributed by atoms with van der Waals surface area (Å²) >= 11 is 0. The summed E-state index contributed by atoms with van der Waals surface area (Å²) in [6, 6.07) is 42.2. The summed E-state index contributed by atoms with van der Waals surface area (Å²) in [7, 11) is 0. The maximum atomic E-state index is 2.37. The molecule has 6 aromatic rings. The fourth-order valence-corrected chi connectivity index (χ4v) is 5.91. The Labute approximate surface area is 211 Å². The first kappa shape index (κ1) is 20.9. The third kappa shape index (κ3) is 3.38. The van der Waals surface area contributed by atoms with E-state index in [9.17, 15) is 0 Å². The first-order valence-corrected chi connectivity index (χ1v) is 12.8. The minimum atomic E-state index is 1.08. The van der Waals surface area contributed by atoms with Crippen LogP contribution in [0.2, 0.25) is 0 Å². The van der Waals surface area contributed by atoms with Crippen molar-refractivity contribution in [1.82, 2.24) is 0 Å². The topological polar surface area (TPSA) is 0 Å². The second kappa shape index (κ2) is 8.66. The lowest BCUT2D eigenvalue weighted by molar-refractivity contribution is 1.06. The first-order valence-electron chi connectivity index (χ1n) is 12.8. The van der Waals surface area contributed by atoms with Crippen LogP contribution in [0.3, 0.4) is 0 Å². The van der Waals surface area contributed by atoms with Gasteiger partial charge in [0.1, 0.15) is 0 Å². The molecule has 0 radical (unpaired) electrons. The maximum absolute atomic E-state index is 2.37. The van der Waals surface area contributed by atoms with E-state index < -0.39 is 0 Å². The Morgan fingerprint density at radius 1 is 0.472 bits per heavy atom. The van der Waals surface area contributed by atoms with E-state index in [1.54, 1.807) is 0 Å². The lowest BCUT2D eigenvalue weighted by Gasteiger charge is -2.21. The lowest BCUT2D eigenvalue weighted by Crippen LogP contribution is -1.95. The van der Waals surface area contributed by atoms with Gasteiger partial charge in [-0.1, -0.05) is 121 Å². The zero-order valence-corrected chi connectivity index (χ0v) is 20.1. The number of hydrogen-bond donors (Lipinski definition) is 0. The summed E-state index contributed by atoms with van der Waals surface area (Å²) in [5.74, 6) is 0. The smallest absolute Gasteiger partial charge is 0.00199 e. The molecule has 0 fully saturated rings. The van der Waals surface area contributed by atoms with Crippen molar-refractivity contribution in [3.05, 3.63) is 139 Å². The SMILES string of the molecule is C1=CCCC(c2c3ccccc3c(-c3cc4ccccccc5cccc3c5c4)c3ccccc23)=C1. The average Bonchev–Trinajstić information content (AvgIpc) is 2.94. The fourth-order valence-electron chi connectivity index (χ4n) is 5.91. The number of hydrogen-bond acceptors (Lipinski definition) is 0. The van der Waals surface area contributed by atoms with Gasteiger partial charge in [0.25, 0.3) is 0 Å². The molecule has 0 aromatic heterocycles. The van der Waals surface area contributed by atoms with E-state index in [-0.39, 0.29) is 0 Å². The highest BCUT2D eigenvalue weighted by Gasteiger charge is 2.19. The van der Waals surface area contributed by atoms with Crippen LogP contribution in [0, 0.1) is 0 Å². The van der Waals surface area contributed by atoms with Crippen molar-refractivity contribution in [2.24, 2.45) is 0 Å². The Balaban J connectivity index is 1.70. The summed E-state index contributed by atoms with van der Waals surface area (Å²) in [6.45, 7) is 0. The highest BCUT2D eigenvalue weighted by atomic mass is 14.2. The molecule has 2 bridgehead atoms. The molecule has 0 N–H and O–H groups in total. The van der Waals surface area contributed by atoms with Crippen molar-refractivity contribution in [2.45, 2.75) is 12.8 Å². The molecule has 36 heavy (non-hydrogen) atoms. The number of rotatable bonds is 2. The average molecular weight is 459 g/mol. The molecule has 170 valence electrons. The van der Waals surface area contributed by atoms with Crippen molar-refractivity contribution >= 4 is 48.7 Å². The Bertz CT molecular complexity index is 1830. The monoisotopic (exact) mass is 458 g/mol. The second-order valence-corrected chi connectivity index (χ2v) is 9.61. The summed E-state index contributed by atoms with van der Waals surface area (Å²) in [5, 5.41) is 10.4. The normalized spacial score (nSPS) is 13.4. The van der Waals surface area contributed by atoms with Gasteiger partial charge in [0.15, 0.2) is 0 Å². The molecule has 0 heterocycles. The quantitative estimate of drug-likeness (QED) is 0.226. The van der Waals surface area contributed by atoms with Gasteiger partial charge in [-0.2, -0.15) is 0 Å². The Kier molecular flexibility index (Phi) is 5.03. The van der Waals surface area contributed by atoms with E-state index in [1.165, 1.54) is 65.4 Å². The van der Waals surface area contributed by atoms with Gasteiger partial charge in [-0.3, -0.25) is 0 Å². The zero-order chi connectivity index (χ0) is 23.9. The van der Waals surface area contributed by atoms with E-state index in [0.29, 0.717) is 0 Å². The van der Waals surface area contributed by atoms with Gasteiger partial charge in [-0.05, 0) is 90.3 Å². The molecule has 1 aliphatic rings. The first-order chi connectivity index (χ1) is 17.9. The molecule has 0 amide bonds. The maximum Gasteiger partial charge on any atom is -0.00199 e. The van der Waals surface area contributed by atoms with Gasteiger partial charge in [0, 0.05) is 0 Å². The van der Waals surface area contributed by atoms with Crippen molar-refractivity contribution in [3.63, 3.8) is 0 Å². The van der Waals surface area contributed by atoms with Gasteiger partial charge in [-0.25, -0.2) is 0 Å². The molecule has 0 atom stereocenters. The van der Waals surface area contributed by atoms with E-state index >= 15 is 0 Å². The summed E-state index contributed by atoms with van der Waals surface area (Å²) in [5.41, 5.74) is 5.44. The highest BCUT2D eigenvalue weighted by molar-refractivity contribution is 6.22. The predicted molar refractivity (Wildman–Crippen MR) is 157 cm³/mol. The lowest BCUT2D eigenvalue weighted by atomic mass is 9.82. The van der Waals surface area contributed by atoms with Crippen LogP contribution in [-0.2, 0) is 0 Å². The minimum Gasteiger partial charge on any atom is -0.0842 e. The standard InChI is InChI=1S/C36H26/c1-2-5-14-26-17-12-22-28-33(26)23-25(13-4-1)24-34(28)36-31-20-10-8-18-29(31)35(27-15-6-3-7-16-27)30-19-9-11-21-32(30)36/h1-6,8-15,17-24H,7,16H2. The third-order valence-electron chi connectivity index (χ3n) is 7.49. The van der Waals surface area contributed by atoms with Gasteiger partial charge in [0.2, 0.25) is 0 Å². The van der Waals surface area contributed by atoms with Crippen molar-refractivity contribution in [1.29, 1.82) is 0 Å². The van der Waals surface area contributed by atoms with Crippen molar-refractivity contribution in [2.75, 3.05) is 0 Å². The predicted octanol–water partition coefficient (Wildman–Crippen LogP) is 10.3. The van der Waals surface area contributed by atoms with Crippen LogP contribution in [0.1, 0.15) is 18.4 Å². The van der Waals surface area contributed by atoms with Crippen LogP contribution >= 0.6 is 0 Å². The summed E-state index contributed by atoms with van der Waals surface area (Å²) in [4.78, 5) is 0. The molecule has 0 heteroatoms. The van der Waals surface area contributed by atoms with E-state index in [4.69, 9.17) is 0 Å². The van der Waals surface area contributed by atoms with Gasteiger partial charge < -0.3 is 0 Å². The Morgan fingerprint density at radius 2 is 1.08 bits per heavy atom. The van der Waals surface area contributed by atoms with Crippen LogP contribution in [0.4, 0.5) is 0 Å². The number of allylic oxidation sites excluding steroid dienone is 4. The molecule has 7 rings (SSSR count). The fraction of sp³-hybridized carbons (Fsp3) is 0.0556. The van der Waals surface area contributed by atoms with Crippen LogP contribution in [0.5, 0.6) is 0 Å². The molecule has 6 aromatic carbocycles. The summed E-state index contributed by atoms with van der Waals surface area (Å²) in [6.07, 6.45) is 8.97.